The molecule has 0 atom stereocenters. The third-order valence-electron chi connectivity index (χ3n) is 1.55. The van der Waals surface area contributed by atoms with Gasteiger partial charge in [-0.05, 0) is 86.3 Å². The third-order valence-corrected chi connectivity index (χ3v) is 6.83. The Hall–Kier alpha value is 1.43. The molecule has 0 bridgehead atoms. The van der Waals surface area contributed by atoms with Crippen LogP contribution < -0.4 is 4.74 Å². The second-order valence-corrected chi connectivity index (χ2v) is 6.56. The number of benzene rings is 1. The molecule has 0 saturated heterocycles. The molecule has 1 nitrogen and oxygen atoms in total. The zero-order valence-electron chi connectivity index (χ0n) is 7.32. The molecule has 0 aliphatic rings. The summed E-state index contributed by atoms with van der Waals surface area (Å²) < 4.78 is 9.43. The Kier molecular flexibility index (Phi) is 6.64. The number of hydrogen-bond acceptors (Lipinski definition) is 1. The van der Waals surface area contributed by atoms with Gasteiger partial charge >= 0.3 is 0 Å². The van der Waals surface area contributed by atoms with Crippen molar-refractivity contribution in [3.05, 3.63) is 22.8 Å². The zero-order chi connectivity index (χ0) is 10.6. The second-order valence-electron chi connectivity index (χ2n) is 2.65. The summed E-state index contributed by atoms with van der Waals surface area (Å²) in [5.41, 5.74) is 0. The molecule has 0 spiro atoms. The van der Waals surface area contributed by atoms with Gasteiger partial charge in [0.05, 0.1) is 6.61 Å². The van der Waals surface area contributed by atoms with Crippen LogP contribution in [0.3, 0.4) is 0 Å². The van der Waals surface area contributed by atoms with E-state index in [9.17, 15) is 0 Å². The van der Waals surface area contributed by atoms with Gasteiger partial charge in [-0.25, -0.2) is 0 Å². The van der Waals surface area contributed by atoms with Crippen molar-refractivity contribution in [3.63, 3.8) is 0 Å². The van der Waals surface area contributed by atoms with E-state index in [0.29, 0.717) is 0 Å². The molecule has 0 aromatic heterocycles. The topological polar surface area (TPSA) is 9.23 Å². The SMILES string of the molecule is [Si]CCCOc1cc(I)c(I)c(I)c1. The van der Waals surface area contributed by atoms with E-state index in [0.717, 1.165) is 24.8 Å². The van der Waals surface area contributed by atoms with Crippen LogP contribution >= 0.6 is 67.8 Å². The molecule has 0 unspecified atom stereocenters. The van der Waals surface area contributed by atoms with E-state index >= 15 is 0 Å². The summed E-state index contributed by atoms with van der Waals surface area (Å²) in [6, 6.07) is 5.15. The maximum absolute atomic E-state index is 5.62. The van der Waals surface area contributed by atoms with Gasteiger partial charge in [-0.3, -0.25) is 0 Å². The molecule has 5 heteroatoms. The summed E-state index contributed by atoms with van der Waals surface area (Å²) in [4.78, 5) is 0. The number of ether oxygens (including phenoxy) is 1. The van der Waals surface area contributed by atoms with Crippen LogP contribution in [0.25, 0.3) is 0 Å². The predicted molar refractivity (Wildman–Crippen MR) is 85.3 cm³/mol. The predicted octanol–water partition coefficient (Wildman–Crippen LogP) is 3.86. The summed E-state index contributed by atoms with van der Waals surface area (Å²) in [6.07, 6.45) is 1.04. The van der Waals surface area contributed by atoms with Gasteiger partial charge in [-0.2, -0.15) is 0 Å². The fraction of sp³-hybridized carbons (Fsp3) is 0.333. The Labute approximate surface area is 129 Å². The number of halogens is 3. The van der Waals surface area contributed by atoms with Crippen molar-refractivity contribution in [3.8, 4) is 5.75 Å². The van der Waals surface area contributed by atoms with Gasteiger partial charge in [-0.15, -0.1) is 0 Å². The van der Waals surface area contributed by atoms with Crippen LogP contribution in [0.4, 0.5) is 0 Å². The zero-order valence-corrected chi connectivity index (χ0v) is 14.8. The van der Waals surface area contributed by atoms with Crippen molar-refractivity contribution in [2.45, 2.75) is 12.5 Å². The van der Waals surface area contributed by atoms with E-state index in [4.69, 9.17) is 4.74 Å². The minimum Gasteiger partial charge on any atom is -0.494 e. The lowest BCUT2D eigenvalue weighted by atomic mass is 10.3. The maximum atomic E-state index is 5.62. The second kappa shape index (κ2) is 6.89. The largest absolute Gasteiger partial charge is 0.494 e. The van der Waals surface area contributed by atoms with Gasteiger partial charge < -0.3 is 4.74 Å². The molecular formula is C9H8I3OSi. The molecule has 0 amide bonds. The first-order chi connectivity index (χ1) is 6.65. The van der Waals surface area contributed by atoms with Crippen molar-refractivity contribution in [2.75, 3.05) is 6.61 Å². The van der Waals surface area contributed by atoms with E-state index in [1.54, 1.807) is 0 Å². The molecule has 0 aliphatic carbocycles. The standard InChI is InChI=1S/C9H8I3OSi/c10-7-4-6(13-2-1-3-14)5-8(11)9(7)12/h4-5H,1-3H2. The van der Waals surface area contributed by atoms with E-state index in [1.807, 2.05) is 0 Å². The number of rotatable bonds is 4. The molecule has 0 heterocycles. The lowest BCUT2D eigenvalue weighted by molar-refractivity contribution is 0.317. The van der Waals surface area contributed by atoms with Crippen LogP contribution in [0.1, 0.15) is 6.42 Å². The van der Waals surface area contributed by atoms with E-state index < -0.39 is 0 Å². The fourth-order valence-electron chi connectivity index (χ4n) is 0.878. The lowest BCUT2D eigenvalue weighted by Gasteiger charge is -2.08. The summed E-state index contributed by atoms with van der Waals surface area (Å²) in [7, 11) is 3.42. The van der Waals surface area contributed by atoms with Crippen LogP contribution in [-0.4, -0.2) is 16.8 Å². The molecule has 0 aliphatic heterocycles. The molecule has 1 rings (SSSR count). The highest BCUT2D eigenvalue weighted by atomic mass is 127. The molecule has 0 fully saturated rings. The van der Waals surface area contributed by atoms with Gasteiger partial charge in [-0.1, -0.05) is 6.04 Å². The molecule has 14 heavy (non-hydrogen) atoms. The summed E-state index contributed by atoms with van der Waals surface area (Å²) >= 11 is 7.02. The average molecular weight is 541 g/mol. The maximum Gasteiger partial charge on any atom is 0.121 e. The highest BCUT2D eigenvalue weighted by Gasteiger charge is 2.04. The lowest BCUT2D eigenvalue weighted by Crippen LogP contribution is -1.98. The van der Waals surface area contributed by atoms with E-state index in [2.05, 4.69) is 90.1 Å². The number of hydrogen-bond donors (Lipinski definition) is 0. The quantitative estimate of drug-likeness (QED) is 0.244. The van der Waals surface area contributed by atoms with Gasteiger partial charge in [0.25, 0.3) is 0 Å². The Morgan fingerprint density at radius 1 is 1.14 bits per heavy atom. The van der Waals surface area contributed by atoms with Crippen molar-refractivity contribution in [2.24, 2.45) is 0 Å². The van der Waals surface area contributed by atoms with Gasteiger partial charge in [0.1, 0.15) is 5.75 Å². The fourth-order valence-corrected chi connectivity index (χ4v) is 3.04. The molecule has 0 saturated carbocycles. The van der Waals surface area contributed by atoms with Gasteiger partial charge in [0.2, 0.25) is 0 Å². The summed E-state index contributed by atoms with van der Waals surface area (Å²) in [6.45, 7) is 0.774. The van der Waals surface area contributed by atoms with Crippen LogP contribution in [-0.2, 0) is 0 Å². The first kappa shape index (κ1) is 13.5. The minimum absolute atomic E-state index is 0.774. The van der Waals surface area contributed by atoms with Crippen molar-refractivity contribution >= 4 is 78.0 Å². The van der Waals surface area contributed by atoms with Crippen molar-refractivity contribution in [1.29, 1.82) is 0 Å². The highest BCUT2D eigenvalue weighted by molar-refractivity contribution is 14.1. The summed E-state index contributed by atoms with van der Waals surface area (Å²) in [5, 5.41) is 0. The Morgan fingerprint density at radius 3 is 2.21 bits per heavy atom. The normalized spacial score (nSPS) is 10.3. The summed E-state index contributed by atoms with van der Waals surface area (Å²) in [5.74, 6) is 0.972. The van der Waals surface area contributed by atoms with Crippen molar-refractivity contribution in [1.82, 2.24) is 0 Å². The minimum atomic E-state index is 0.774. The first-order valence-electron chi connectivity index (χ1n) is 4.07. The smallest absolute Gasteiger partial charge is 0.121 e. The molecular weight excluding hydrogens is 533 g/mol. The molecule has 3 radical (unpaired) electrons. The van der Waals surface area contributed by atoms with Gasteiger partial charge in [0, 0.05) is 21.0 Å². The van der Waals surface area contributed by atoms with Crippen LogP contribution in [0, 0.1) is 10.7 Å². The molecule has 0 N–H and O–H groups in total. The first-order valence-corrected chi connectivity index (χ1v) is 8.01. The van der Waals surface area contributed by atoms with E-state index in [1.165, 1.54) is 10.7 Å². The molecule has 1 aromatic carbocycles. The Balaban J connectivity index is 2.69. The Morgan fingerprint density at radius 2 is 1.71 bits per heavy atom. The van der Waals surface area contributed by atoms with Crippen LogP contribution in [0.5, 0.6) is 5.75 Å². The molecule has 1 aromatic rings. The van der Waals surface area contributed by atoms with Crippen LogP contribution in [0.15, 0.2) is 12.1 Å². The van der Waals surface area contributed by atoms with Crippen LogP contribution in [0.2, 0.25) is 6.04 Å². The van der Waals surface area contributed by atoms with Crippen molar-refractivity contribution < 1.29 is 4.74 Å². The Bertz CT molecular complexity index is 294. The molecule has 75 valence electrons. The van der Waals surface area contributed by atoms with Gasteiger partial charge in [0.15, 0.2) is 0 Å². The average Bonchev–Trinajstić information content (AvgIpc) is 2.14. The third kappa shape index (κ3) is 4.12. The van der Waals surface area contributed by atoms with E-state index in [-0.39, 0.29) is 0 Å². The monoisotopic (exact) mass is 541 g/mol. The highest BCUT2D eigenvalue weighted by Crippen LogP contribution is 2.26.